The second kappa shape index (κ2) is 3.34. The van der Waals surface area contributed by atoms with Crippen molar-refractivity contribution in [2.24, 2.45) is 5.73 Å². The first kappa shape index (κ1) is 8.51. The standard InChI is InChI=1S/C10H15N3/c1-13(9-4-5-9)10-3-2-8(6-11)12-7-10/h2-3,7,9H,4-6,11H2,1H3. The number of hydrogen-bond donors (Lipinski definition) is 1. The van der Waals surface area contributed by atoms with Crippen molar-refractivity contribution in [2.75, 3.05) is 11.9 Å². The Morgan fingerprint density at radius 2 is 2.31 bits per heavy atom. The van der Waals surface area contributed by atoms with Crippen LogP contribution in [0.5, 0.6) is 0 Å². The normalized spacial score (nSPS) is 15.8. The summed E-state index contributed by atoms with van der Waals surface area (Å²) in [5, 5.41) is 0. The molecule has 0 atom stereocenters. The minimum absolute atomic E-state index is 0.521. The minimum Gasteiger partial charge on any atom is -0.370 e. The third-order valence-corrected chi connectivity index (χ3v) is 2.52. The molecule has 13 heavy (non-hydrogen) atoms. The molecule has 0 bridgehead atoms. The van der Waals surface area contributed by atoms with Crippen LogP contribution in [-0.4, -0.2) is 18.1 Å². The highest BCUT2D eigenvalue weighted by Crippen LogP contribution is 2.29. The second-order valence-corrected chi connectivity index (χ2v) is 3.55. The summed E-state index contributed by atoms with van der Waals surface area (Å²) in [6.07, 6.45) is 4.53. The number of anilines is 1. The second-order valence-electron chi connectivity index (χ2n) is 3.55. The smallest absolute Gasteiger partial charge is 0.0552 e. The van der Waals surface area contributed by atoms with Gasteiger partial charge in [0.1, 0.15) is 0 Å². The highest BCUT2D eigenvalue weighted by molar-refractivity contribution is 5.45. The quantitative estimate of drug-likeness (QED) is 0.752. The van der Waals surface area contributed by atoms with Crippen molar-refractivity contribution in [1.82, 2.24) is 4.98 Å². The molecule has 1 aromatic heterocycles. The first-order chi connectivity index (χ1) is 6.31. The third kappa shape index (κ3) is 1.80. The van der Waals surface area contributed by atoms with E-state index in [4.69, 9.17) is 5.73 Å². The number of pyridine rings is 1. The molecule has 1 aliphatic carbocycles. The van der Waals surface area contributed by atoms with E-state index < -0.39 is 0 Å². The molecule has 1 aromatic rings. The van der Waals surface area contributed by atoms with E-state index in [-0.39, 0.29) is 0 Å². The van der Waals surface area contributed by atoms with Crippen molar-refractivity contribution in [1.29, 1.82) is 0 Å². The molecule has 70 valence electrons. The SMILES string of the molecule is CN(c1ccc(CN)nc1)C1CC1. The van der Waals surface area contributed by atoms with Crippen LogP contribution in [0.1, 0.15) is 18.5 Å². The van der Waals surface area contributed by atoms with Crippen LogP contribution in [0.2, 0.25) is 0 Å². The number of nitrogens with zero attached hydrogens (tertiary/aromatic N) is 2. The van der Waals surface area contributed by atoms with Gasteiger partial charge in [-0.15, -0.1) is 0 Å². The molecule has 2 rings (SSSR count). The molecule has 1 heterocycles. The summed E-state index contributed by atoms with van der Waals surface area (Å²) in [4.78, 5) is 6.55. The van der Waals surface area contributed by atoms with Gasteiger partial charge in [-0.05, 0) is 25.0 Å². The molecule has 2 N–H and O–H groups in total. The summed E-state index contributed by atoms with van der Waals surface area (Å²) in [6.45, 7) is 0.521. The Morgan fingerprint density at radius 1 is 1.54 bits per heavy atom. The average Bonchev–Trinajstić information content (AvgIpc) is 3.00. The third-order valence-electron chi connectivity index (χ3n) is 2.52. The van der Waals surface area contributed by atoms with Crippen LogP contribution in [0.25, 0.3) is 0 Å². The van der Waals surface area contributed by atoms with Gasteiger partial charge in [-0.3, -0.25) is 4.98 Å². The van der Waals surface area contributed by atoms with Crippen molar-refractivity contribution in [3.8, 4) is 0 Å². The molecule has 3 heteroatoms. The summed E-state index contributed by atoms with van der Waals surface area (Å²) in [5.74, 6) is 0. The predicted molar refractivity (Wildman–Crippen MR) is 53.6 cm³/mol. The number of nitrogens with two attached hydrogens (primary N) is 1. The van der Waals surface area contributed by atoms with Gasteiger partial charge < -0.3 is 10.6 Å². The first-order valence-corrected chi connectivity index (χ1v) is 4.69. The maximum atomic E-state index is 5.47. The highest BCUT2D eigenvalue weighted by Gasteiger charge is 2.26. The number of rotatable bonds is 3. The molecule has 3 nitrogen and oxygen atoms in total. The molecular formula is C10H15N3. The lowest BCUT2D eigenvalue weighted by Gasteiger charge is -2.17. The van der Waals surface area contributed by atoms with Crippen molar-refractivity contribution in [2.45, 2.75) is 25.4 Å². The molecule has 1 aliphatic rings. The fourth-order valence-electron chi connectivity index (χ4n) is 1.42. The highest BCUT2D eigenvalue weighted by atomic mass is 15.2. The van der Waals surface area contributed by atoms with E-state index in [1.165, 1.54) is 18.5 Å². The summed E-state index contributed by atoms with van der Waals surface area (Å²) in [7, 11) is 2.12. The van der Waals surface area contributed by atoms with Gasteiger partial charge in [0.15, 0.2) is 0 Å². The van der Waals surface area contributed by atoms with E-state index in [0.29, 0.717) is 6.54 Å². The molecule has 0 unspecified atom stereocenters. The minimum atomic E-state index is 0.521. The Hall–Kier alpha value is -1.09. The topological polar surface area (TPSA) is 42.1 Å². The maximum Gasteiger partial charge on any atom is 0.0552 e. The van der Waals surface area contributed by atoms with Gasteiger partial charge in [-0.2, -0.15) is 0 Å². The lowest BCUT2D eigenvalue weighted by molar-refractivity contribution is 0.903. The van der Waals surface area contributed by atoms with Crippen molar-refractivity contribution >= 4 is 5.69 Å². The van der Waals surface area contributed by atoms with Crippen LogP contribution >= 0.6 is 0 Å². The summed E-state index contributed by atoms with van der Waals surface area (Å²) in [5.41, 5.74) is 7.62. The Bertz CT molecular complexity index is 277. The van der Waals surface area contributed by atoms with E-state index in [0.717, 1.165) is 11.7 Å². The summed E-state index contributed by atoms with van der Waals surface area (Å²) in [6, 6.07) is 4.83. The van der Waals surface area contributed by atoms with Crippen LogP contribution < -0.4 is 10.6 Å². The van der Waals surface area contributed by atoms with E-state index in [2.05, 4.69) is 23.0 Å². The van der Waals surface area contributed by atoms with Crippen molar-refractivity contribution in [3.05, 3.63) is 24.0 Å². The Kier molecular flexibility index (Phi) is 2.19. The van der Waals surface area contributed by atoms with Crippen LogP contribution in [0.4, 0.5) is 5.69 Å². The molecule has 0 saturated heterocycles. The fraction of sp³-hybridized carbons (Fsp3) is 0.500. The molecule has 0 radical (unpaired) electrons. The predicted octanol–water partition coefficient (Wildman–Crippen LogP) is 1.14. The summed E-state index contributed by atoms with van der Waals surface area (Å²) < 4.78 is 0. The van der Waals surface area contributed by atoms with Crippen LogP contribution in [0.3, 0.4) is 0 Å². The van der Waals surface area contributed by atoms with E-state index in [9.17, 15) is 0 Å². The lowest BCUT2D eigenvalue weighted by Crippen LogP contribution is -2.19. The van der Waals surface area contributed by atoms with Crippen molar-refractivity contribution < 1.29 is 0 Å². The zero-order valence-electron chi connectivity index (χ0n) is 7.90. The molecule has 1 fully saturated rings. The van der Waals surface area contributed by atoms with Gasteiger partial charge in [-0.25, -0.2) is 0 Å². The first-order valence-electron chi connectivity index (χ1n) is 4.69. The average molecular weight is 177 g/mol. The molecule has 0 aromatic carbocycles. The van der Waals surface area contributed by atoms with Gasteiger partial charge in [0.05, 0.1) is 17.6 Å². The maximum absolute atomic E-state index is 5.47. The molecule has 1 saturated carbocycles. The Morgan fingerprint density at radius 3 is 2.77 bits per heavy atom. The van der Waals surface area contributed by atoms with Gasteiger partial charge in [0, 0.05) is 19.6 Å². The van der Waals surface area contributed by atoms with Crippen LogP contribution in [0, 0.1) is 0 Å². The van der Waals surface area contributed by atoms with E-state index in [1.54, 1.807) is 0 Å². The van der Waals surface area contributed by atoms with Crippen LogP contribution in [-0.2, 0) is 6.54 Å². The Labute approximate surface area is 78.6 Å². The van der Waals surface area contributed by atoms with Gasteiger partial charge in [-0.1, -0.05) is 0 Å². The van der Waals surface area contributed by atoms with E-state index >= 15 is 0 Å². The van der Waals surface area contributed by atoms with Gasteiger partial charge in [0.2, 0.25) is 0 Å². The monoisotopic (exact) mass is 177 g/mol. The lowest BCUT2D eigenvalue weighted by atomic mass is 10.3. The fourth-order valence-corrected chi connectivity index (χ4v) is 1.42. The molecule has 0 aliphatic heterocycles. The summed E-state index contributed by atoms with van der Waals surface area (Å²) >= 11 is 0. The zero-order chi connectivity index (χ0) is 9.26. The van der Waals surface area contributed by atoms with Crippen LogP contribution in [0.15, 0.2) is 18.3 Å². The number of aromatic nitrogens is 1. The van der Waals surface area contributed by atoms with E-state index in [1.807, 2.05) is 12.3 Å². The van der Waals surface area contributed by atoms with Gasteiger partial charge in [0.25, 0.3) is 0 Å². The molecule has 0 amide bonds. The van der Waals surface area contributed by atoms with Crippen molar-refractivity contribution in [3.63, 3.8) is 0 Å². The Balaban J connectivity index is 2.11. The zero-order valence-corrected chi connectivity index (χ0v) is 7.90. The molecule has 0 spiro atoms. The van der Waals surface area contributed by atoms with Gasteiger partial charge >= 0.3 is 0 Å². The molecular weight excluding hydrogens is 162 g/mol. The largest absolute Gasteiger partial charge is 0.370 e. The number of hydrogen-bond acceptors (Lipinski definition) is 3.